The number of hydrogen-bond acceptors (Lipinski definition) is 3. The number of rotatable bonds is 5. The van der Waals surface area contributed by atoms with Gasteiger partial charge in [0.05, 0.1) is 12.6 Å². The SMILES string of the molecule is CCOc1ccc(C(C)NC(=O)N2CCCN(c3ccccc3)CC2)cc1. The monoisotopic (exact) mass is 367 g/mol. The van der Waals surface area contributed by atoms with E-state index in [0.29, 0.717) is 6.61 Å². The van der Waals surface area contributed by atoms with Crippen LogP contribution >= 0.6 is 0 Å². The lowest BCUT2D eigenvalue weighted by molar-refractivity contribution is 0.198. The van der Waals surface area contributed by atoms with Crippen molar-refractivity contribution in [2.45, 2.75) is 26.3 Å². The number of benzene rings is 2. The Morgan fingerprint density at radius 1 is 1.04 bits per heavy atom. The lowest BCUT2D eigenvalue weighted by atomic mass is 10.1. The van der Waals surface area contributed by atoms with E-state index in [9.17, 15) is 4.79 Å². The molecule has 1 fully saturated rings. The van der Waals surface area contributed by atoms with Gasteiger partial charge >= 0.3 is 6.03 Å². The molecule has 0 aromatic heterocycles. The van der Waals surface area contributed by atoms with Crippen molar-refractivity contribution in [3.63, 3.8) is 0 Å². The highest BCUT2D eigenvalue weighted by molar-refractivity contribution is 5.75. The maximum absolute atomic E-state index is 12.7. The summed E-state index contributed by atoms with van der Waals surface area (Å²) in [4.78, 5) is 17.0. The highest BCUT2D eigenvalue weighted by Gasteiger charge is 2.20. The number of urea groups is 1. The molecule has 2 aromatic rings. The summed E-state index contributed by atoms with van der Waals surface area (Å²) >= 11 is 0. The summed E-state index contributed by atoms with van der Waals surface area (Å²) in [7, 11) is 0. The molecule has 3 rings (SSSR count). The van der Waals surface area contributed by atoms with Crippen molar-refractivity contribution in [1.29, 1.82) is 0 Å². The molecule has 1 aliphatic rings. The van der Waals surface area contributed by atoms with Gasteiger partial charge in [-0.3, -0.25) is 0 Å². The fourth-order valence-corrected chi connectivity index (χ4v) is 3.40. The van der Waals surface area contributed by atoms with E-state index in [1.807, 2.05) is 49.1 Å². The second-order valence-electron chi connectivity index (χ2n) is 6.84. The van der Waals surface area contributed by atoms with Crippen molar-refractivity contribution in [2.75, 3.05) is 37.7 Å². The van der Waals surface area contributed by atoms with Gasteiger partial charge in [-0.15, -0.1) is 0 Å². The number of anilines is 1. The Labute approximate surface area is 161 Å². The lowest BCUT2D eigenvalue weighted by Gasteiger charge is -2.25. The summed E-state index contributed by atoms with van der Waals surface area (Å²) in [5.74, 6) is 0.855. The minimum absolute atomic E-state index is 0.00583. The van der Waals surface area contributed by atoms with Gasteiger partial charge < -0.3 is 19.9 Å². The fourth-order valence-electron chi connectivity index (χ4n) is 3.40. The topological polar surface area (TPSA) is 44.8 Å². The van der Waals surface area contributed by atoms with E-state index in [0.717, 1.165) is 43.9 Å². The first-order chi connectivity index (χ1) is 13.2. The predicted octanol–water partition coefficient (Wildman–Crippen LogP) is 4.07. The van der Waals surface area contributed by atoms with Crippen molar-refractivity contribution in [2.24, 2.45) is 0 Å². The van der Waals surface area contributed by atoms with Crippen molar-refractivity contribution in [3.8, 4) is 5.75 Å². The van der Waals surface area contributed by atoms with Gasteiger partial charge in [-0.05, 0) is 50.1 Å². The Kier molecular flexibility index (Phi) is 6.58. The molecule has 27 heavy (non-hydrogen) atoms. The zero-order valence-corrected chi connectivity index (χ0v) is 16.2. The Hall–Kier alpha value is -2.69. The molecule has 0 saturated carbocycles. The van der Waals surface area contributed by atoms with Gasteiger partial charge in [0.15, 0.2) is 0 Å². The average Bonchev–Trinajstić information content (AvgIpc) is 2.96. The molecule has 5 heteroatoms. The summed E-state index contributed by atoms with van der Waals surface area (Å²) < 4.78 is 5.48. The lowest BCUT2D eigenvalue weighted by Crippen LogP contribution is -2.43. The third-order valence-corrected chi connectivity index (χ3v) is 4.94. The third kappa shape index (κ3) is 5.16. The summed E-state index contributed by atoms with van der Waals surface area (Å²) in [5.41, 5.74) is 2.30. The van der Waals surface area contributed by atoms with E-state index >= 15 is 0 Å². The maximum Gasteiger partial charge on any atom is 0.317 e. The molecule has 0 spiro atoms. The largest absolute Gasteiger partial charge is 0.494 e. The number of carbonyl (C=O) groups excluding carboxylic acids is 1. The highest BCUT2D eigenvalue weighted by Crippen LogP contribution is 2.19. The first-order valence-corrected chi connectivity index (χ1v) is 9.75. The molecule has 1 unspecified atom stereocenters. The quantitative estimate of drug-likeness (QED) is 0.866. The molecular formula is C22H29N3O2. The van der Waals surface area contributed by atoms with Gasteiger partial charge in [-0.25, -0.2) is 4.79 Å². The van der Waals surface area contributed by atoms with Crippen LogP contribution in [0, 0.1) is 0 Å². The Morgan fingerprint density at radius 2 is 1.78 bits per heavy atom. The summed E-state index contributed by atoms with van der Waals surface area (Å²) in [6.45, 7) is 7.98. The van der Waals surface area contributed by atoms with Crippen LogP contribution in [0.5, 0.6) is 5.75 Å². The van der Waals surface area contributed by atoms with Crippen LogP contribution in [-0.4, -0.2) is 43.7 Å². The van der Waals surface area contributed by atoms with Crippen LogP contribution in [0.4, 0.5) is 10.5 Å². The van der Waals surface area contributed by atoms with Gasteiger partial charge in [-0.2, -0.15) is 0 Å². The molecule has 1 aliphatic heterocycles. The minimum Gasteiger partial charge on any atom is -0.494 e. The van der Waals surface area contributed by atoms with E-state index in [-0.39, 0.29) is 12.1 Å². The van der Waals surface area contributed by atoms with Crippen LogP contribution < -0.4 is 15.0 Å². The molecule has 5 nitrogen and oxygen atoms in total. The van der Waals surface area contributed by atoms with Crippen LogP contribution in [0.15, 0.2) is 54.6 Å². The van der Waals surface area contributed by atoms with Gasteiger partial charge in [0.25, 0.3) is 0 Å². The van der Waals surface area contributed by atoms with Crippen LogP contribution in [0.2, 0.25) is 0 Å². The molecule has 1 saturated heterocycles. The smallest absolute Gasteiger partial charge is 0.317 e. The molecule has 1 atom stereocenters. The minimum atomic E-state index is -0.0401. The highest BCUT2D eigenvalue weighted by atomic mass is 16.5. The van der Waals surface area contributed by atoms with Crippen molar-refractivity contribution < 1.29 is 9.53 Å². The zero-order chi connectivity index (χ0) is 19.1. The van der Waals surface area contributed by atoms with E-state index < -0.39 is 0 Å². The van der Waals surface area contributed by atoms with E-state index in [1.165, 1.54) is 5.69 Å². The Morgan fingerprint density at radius 3 is 2.48 bits per heavy atom. The fraction of sp³-hybridized carbons (Fsp3) is 0.409. The first-order valence-electron chi connectivity index (χ1n) is 9.75. The molecule has 1 N–H and O–H groups in total. The number of para-hydroxylation sites is 1. The second-order valence-corrected chi connectivity index (χ2v) is 6.84. The van der Waals surface area contributed by atoms with Crippen LogP contribution in [-0.2, 0) is 0 Å². The molecule has 0 radical (unpaired) electrons. The van der Waals surface area contributed by atoms with Crippen molar-refractivity contribution >= 4 is 11.7 Å². The average molecular weight is 367 g/mol. The van der Waals surface area contributed by atoms with Crippen molar-refractivity contribution in [3.05, 3.63) is 60.2 Å². The number of ether oxygens (including phenoxy) is 1. The Balaban J connectivity index is 1.54. The second kappa shape index (κ2) is 9.31. The zero-order valence-electron chi connectivity index (χ0n) is 16.2. The van der Waals surface area contributed by atoms with Gasteiger partial charge in [0, 0.05) is 31.9 Å². The van der Waals surface area contributed by atoms with Crippen molar-refractivity contribution in [1.82, 2.24) is 10.2 Å². The standard InChI is InChI=1S/C22H29N3O2/c1-3-27-21-12-10-19(11-13-21)18(2)23-22(26)25-15-7-14-24(16-17-25)20-8-5-4-6-9-20/h4-6,8-13,18H,3,7,14-17H2,1-2H3,(H,23,26). The van der Waals surface area contributed by atoms with Gasteiger partial charge in [0.2, 0.25) is 0 Å². The first kappa shape index (κ1) is 19.1. The van der Waals surface area contributed by atoms with Crippen LogP contribution in [0.1, 0.15) is 31.9 Å². The summed E-state index contributed by atoms with van der Waals surface area (Å²) in [6.07, 6.45) is 0.972. The molecule has 1 heterocycles. The summed E-state index contributed by atoms with van der Waals surface area (Å²) in [5, 5.41) is 3.13. The predicted molar refractivity (Wildman–Crippen MR) is 109 cm³/mol. The van der Waals surface area contributed by atoms with Crippen LogP contribution in [0.3, 0.4) is 0 Å². The van der Waals surface area contributed by atoms with E-state index in [4.69, 9.17) is 4.74 Å². The van der Waals surface area contributed by atoms with E-state index in [2.05, 4.69) is 34.5 Å². The normalized spacial score (nSPS) is 15.8. The van der Waals surface area contributed by atoms with Gasteiger partial charge in [0.1, 0.15) is 5.75 Å². The molecule has 2 amide bonds. The van der Waals surface area contributed by atoms with E-state index in [1.54, 1.807) is 0 Å². The van der Waals surface area contributed by atoms with Gasteiger partial charge in [-0.1, -0.05) is 30.3 Å². The molecule has 0 aliphatic carbocycles. The third-order valence-electron chi connectivity index (χ3n) is 4.94. The molecule has 144 valence electrons. The molecule has 2 aromatic carbocycles. The maximum atomic E-state index is 12.7. The number of nitrogens with one attached hydrogen (secondary N) is 1. The number of hydrogen-bond donors (Lipinski definition) is 1. The number of amides is 2. The van der Waals surface area contributed by atoms with Crippen LogP contribution in [0.25, 0.3) is 0 Å². The summed E-state index contributed by atoms with van der Waals surface area (Å²) in [6, 6.07) is 18.3. The molecular weight excluding hydrogens is 338 g/mol. The Bertz CT molecular complexity index is 718. The molecule has 0 bridgehead atoms. The number of nitrogens with zero attached hydrogens (tertiary/aromatic N) is 2. The number of carbonyl (C=O) groups is 1.